The molecule has 0 saturated carbocycles. The maximum atomic E-state index is 5.96. The monoisotopic (exact) mass is 217 g/mol. The minimum atomic E-state index is 0.764. The molecule has 2 rings (SSSR count). The van der Waals surface area contributed by atoms with Crippen LogP contribution in [-0.2, 0) is 0 Å². The topological polar surface area (TPSA) is 12.9 Å². The van der Waals surface area contributed by atoms with Gasteiger partial charge in [0, 0.05) is 16.4 Å². The first-order chi connectivity index (χ1) is 7.15. The molecule has 0 bridgehead atoms. The van der Waals surface area contributed by atoms with E-state index in [9.17, 15) is 0 Å². The van der Waals surface area contributed by atoms with Gasteiger partial charge < -0.3 is 0 Å². The maximum absolute atomic E-state index is 5.96. The minimum Gasteiger partial charge on any atom is -0.258 e. The van der Waals surface area contributed by atoms with Crippen LogP contribution in [0.1, 0.15) is 11.4 Å². The fourth-order valence-electron chi connectivity index (χ4n) is 1.67. The smallest absolute Gasteiger partial charge is 0.0412 e. The van der Waals surface area contributed by atoms with Crippen molar-refractivity contribution in [3.63, 3.8) is 0 Å². The van der Waals surface area contributed by atoms with Crippen LogP contribution >= 0.6 is 11.6 Å². The Labute approximate surface area is 94.7 Å². The van der Waals surface area contributed by atoms with Crippen LogP contribution in [0.4, 0.5) is 0 Å². The van der Waals surface area contributed by atoms with Crippen molar-refractivity contribution in [2.45, 2.75) is 13.8 Å². The van der Waals surface area contributed by atoms with Gasteiger partial charge in [-0.15, -0.1) is 0 Å². The van der Waals surface area contributed by atoms with E-state index < -0.39 is 0 Å². The number of benzene rings is 1. The van der Waals surface area contributed by atoms with Gasteiger partial charge in [0.15, 0.2) is 0 Å². The number of aromatic nitrogens is 1. The molecule has 0 aliphatic heterocycles. The van der Waals surface area contributed by atoms with Crippen LogP contribution in [0.15, 0.2) is 36.4 Å². The van der Waals surface area contributed by atoms with E-state index in [2.05, 4.69) is 23.2 Å². The highest BCUT2D eigenvalue weighted by molar-refractivity contribution is 6.30. The molecule has 2 aromatic rings. The van der Waals surface area contributed by atoms with Crippen LogP contribution < -0.4 is 0 Å². The van der Waals surface area contributed by atoms with Crippen molar-refractivity contribution in [3.8, 4) is 11.1 Å². The lowest BCUT2D eigenvalue weighted by molar-refractivity contribution is 1.12. The summed E-state index contributed by atoms with van der Waals surface area (Å²) in [5.41, 5.74) is 4.37. The number of aryl methyl sites for hydroxylation is 2. The number of hydrogen-bond donors (Lipinski definition) is 0. The predicted molar refractivity (Wildman–Crippen MR) is 64.2 cm³/mol. The average Bonchev–Trinajstić information content (AvgIpc) is 2.16. The summed E-state index contributed by atoms with van der Waals surface area (Å²) in [5, 5.41) is 0.764. The molecule has 0 N–H and O–H groups in total. The van der Waals surface area contributed by atoms with Gasteiger partial charge in [-0.3, -0.25) is 4.98 Å². The zero-order chi connectivity index (χ0) is 10.8. The quantitative estimate of drug-likeness (QED) is 0.703. The third-order valence-electron chi connectivity index (χ3n) is 2.24. The molecule has 1 aromatic carbocycles. The minimum absolute atomic E-state index is 0.764. The summed E-state index contributed by atoms with van der Waals surface area (Å²) >= 11 is 5.96. The first-order valence-electron chi connectivity index (χ1n) is 4.86. The second-order valence-corrected chi connectivity index (χ2v) is 4.09. The summed E-state index contributed by atoms with van der Waals surface area (Å²) in [6, 6.07) is 12.0. The summed E-state index contributed by atoms with van der Waals surface area (Å²) < 4.78 is 0. The molecule has 0 spiro atoms. The molecule has 0 aliphatic rings. The Kier molecular flexibility index (Phi) is 2.74. The van der Waals surface area contributed by atoms with Crippen LogP contribution in [-0.4, -0.2) is 4.98 Å². The van der Waals surface area contributed by atoms with Gasteiger partial charge in [0.25, 0.3) is 0 Å². The Morgan fingerprint density at radius 3 is 2.20 bits per heavy atom. The summed E-state index contributed by atoms with van der Waals surface area (Å²) in [6.45, 7) is 4.00. The molecule has 0 amide bonds. The van der Waals surface area contributed by atoms with Crippen LogP contribution in [0.5, 0.6) is 0 Å². The van der Waals surface area contributed by atoms with Gasteiger partial charge in [-0.25, -0.2) is 0 Å². The lowest BCUT2D eigenvalue weighted by Gasteiger charge is -2.04. The molecule has 2 heteroatoms. The third-order valence-corrected chi connectivity index (χ3v) is 2.47. The SMILES string of the molecule is Cc1cc(-c2cccc(Cl)c2)cc(C)n1. The number of hydrogen-bond acceptors (Lipinski definition) is 1. The zero-order valence-electron chi connectivity index (χ0n) is 8.79. The van der Waals surface area contributed by atoms with Crippen LogP contribution in [0, 0.1) is 13.8 Å². The average molecular weight is 218 g/mol. The van der Waals surface area contributed by atoms with Crippen molar-refractivity contribution in [1.29, 1.82) is 0 Å². The highest BCUT2D eigenvalue weighted by Gasteiger charge is 2.00. The molecular formula is C13H12ClN. The Hall–Kier alpha value is -1.34. The van der Waals surface area contributed by atoms with Gasteiger partial charge >= 0.3 is 0 Å². The molecule has 1 nitrogen and oxygen atoms in total. The normalized spacial score (nSPS) is 10.3. The van der Waals surface area contributed by atoms with Gasteiger partial charge in [0.2, 0.25) is 0 Å². The first-order valence-corrected chi connectivity index (χ1v) is 5.24. The fraction of sp³-hybridized carbons (Fsp3) is 0.154. The Morgan fingerprint density at radius 1 is 0.933 bits per heavy atom. The first kappa shape index (κ1) is 10.2. The largest absolute Gasteiger partial charge is 0.258 e. The van der Waals surface area contributed by atoms with Gasteiger partial charge in [0.05, 0.1) is 0 Å². The van der Waals surface area contributed by atoms with E-state index >= 15 is 0 Å². The lowest BCUT2D eigenvalue weighted by atomic mass is 10.1. The van der Waals surface area contributed by atoms with E-state index in [1.54, 1.807) is 0 Å². The van der Waals surface area contributed by atoms with Crippen molar-refractivity contribution >= 4 is 11.6 Å². The van der Waals surface area contributed by atoms with E-state index in [1.165, 1.54) is 5.56 Å². The molecule has 0 saturated heterocycles. The van der Waals surface area contributed by atoms with Crippen LogP contribution in [0.2, 0.25) is 5.02 Å². The Bertz CT molecular complexity index is 471. The second kappa shape index (κ2) is 4.03. The van der Waals surface area contributed by atoms with Crippen molar-refractivity contribution < 1.29 is 0 Å². The molecule has 0 fully saturated rings. The molecule has 0 atom stereocenters. The van der Waals surface area contributed by atoms with Gasteiger partial charge in [-0.2, -0.15) is 0 Å². The number of rotatable bonds is 1. The van der Waals surface area contributed by atoms with Crippen molar-refractivity contribution in [3.05, 3.63) is 52.8 Å². The molecule has 0 aliphatic carbocycles. The fourth-order valence-corrected chi connectivity index (χ4v) is 1.86. The Morgan fingerprint density at radius 2 is 1.60 bits per heavy atom. The standard InChI is InChI=1S/C13H12ClN/c1-9-6-12(7-10(2)15-9)11-4-3-5-13(14)8-11/h3-8H,1-2H3. The van der Waals surface area contributed by atoms with Gasteiger partial charge in [-0.05, 0) is 49.2 Å². The molecule has 0 unspecified atom stereocenters. The highest BCUT2D eigenvalue weighted by Crippen LogP contribution is 2.23. The summed E-state index contributed by atoms with van der Waals surface area (Å²) in [5.74, 6) is 0. The molecule has 15 heavy (non-hydrogen) atoms. The van der Waals surface area contributed by atoms with Crippen molar-refractivity contribution in [2.75, 3.05) is 0 Å². The summed E-state index contributed by atoms with van der Waals surface area (Å²) in [6.07, 6.45) is 0. The van der Waals surface area contributed by atoms with Gasteiger partial charge in [-0.1, -0.05) is 23.7 Å². The molecule has 0 radical (unpaired) electrons. The summed E-state index contributed by atoms with van der Waals surface area (Å²) in [4.78, 5) is 4.35. The predicted octanol–water partition coefficient (Wildman–Crippen LogP) is 4.02. The van der Waals surface area contributed by atoms with Crippen molar-refractivity contribution in [1.82, 2.24) is 4.98 Å². The Balaban J connectivity index is 2.54. The maximum Gasteiger partial charge on any atom is 0.0412 e. The van der Waals surface area contributed by atoms with E-state index in [-0.39, 0.29) is 0 Å². The van der Waals surface area contributed by atoms with Crippen molar-refractivity contribution in [2.24, 2.45) is 0 Å². The summed E-state index contributed by atoms with van der Waals surface area (Å²) in [7, 11) is 0. The van der Waals surface area contributed by atoms with E-state index in [1.807, 2.05) is 32.0 Å². The zero-order valence-corrected chi connectivity index (χ0v) is 9.55. The molecule has 1 heterocycles. The van der Waals surface area contributed by atoms with Crippen LogP contribution in [0.25, 0.3) is 11.1 Å². The number of pyridine rings is 1. The number of nitrogens with zero attached hydrogens (tertiary/aromatic N) is 1. The lowest BCUT2D eigenvalue weighted by Crippen LogP contribution is -1.87. The number of halogens is 1. The molecule has 76 valence electrons. The second-order valence-electron chi connectivity index (χ2n) is 3.65. The van der Waals surface area contributed by atoms with E-state index in [0.717, 1.165) is 22.0 Å². The highest BCUT2D eigenvalue weighted by atomic mass is 35.5. The van der Waals surface area contributed by atoms with Crippen LogP contribution in [0.3, 0.4) is 0 Å². The van der Waals surface area contributed by atoms with Gasteiger partial charge in [0.1, 0.15) is 0 Å². The van der Waals surface area contributed by atoms with E-state index in [0.29, 0.717) is 0 Å². The molecule has 1 aromatic heterocycles. The molecular weight excluding hydrogens is 206 g/mol. The van der Waals surface area contributed by atoms with E-state index in [4.69, 9.17) is 11.6 Å². The third kappa shape index (κ3) is 2.37.